The van der Waals surface area contributed by atoms with Gasteiger partial charge >= 0.3 is 5.69 Å². The summed E-state index contributed by atoms with van der Waals surface area (Å²) in [7, 11) is 0. The lowest BCUT2D eigenvalue weighted by atomic mass is 10.1. The SMILES string of the molecule is O=c1[nH]c2nc(N[C@@H]3CCc4ccccc43)ncc2c(=O)n1C1CCCC1. The lowest BCUT2D eigenvalue weighted by molar-refractivity contribution is 0.483. The fourth-order valence-corrected chi connectivity index (χ4v) is 4.44. The first-order chi connectivity index (χ1) is 13.2. The van der Waals surface area contributed by atoms with Crippen molar-refractivity contribution >= 4 is 17.0 Å². The van der Waals surface area contributed by atoms with Gasteiger partial charge in [0.25, 0.3) is 5.56 Å². The van der Waals surface area contributed by atoms with Crippen molar-refractivity contribution in [1.29, 1.82) is 0 Å². The Hall–Kier alpha value is -2.96. The summed E-state index contributed by atoms with van der Waals surface area (Å²) in [5, 5.41) is 3.70. The number of hydrogen-bond acceptors (Lipinski definition) is 5. The molecular formula is C20H21N5O2. The molecule has 2 heterocycles. The van der Waals surface area contributed by atoms with Crippen molar-refractivity contribution in [2.45, 2.75) is 50.6 Å². The molecule has 1 saturated carbocycles. The van der Waals surface area contributed by atoms with Crippen LogP contribution in [-0.2, 0) is 6.42 Å². The minimum absolute atomic E-state index is 0.0153. The first kappa shape index (κ1) is 16.2. The molecule has 0 aliphatic heterocycles. The first-order valence-electron chi connectivity index (χ1n) is 9.56. The van der Waals surface area contributed by atoms with Crippen LogP contribution in [0.1, 0.15) is 55.3 Å². The quantitative estimate of drug-likeness (QED) is 0.746. The van der Waals surface area contributed by atoms with Crippen LogP contribution in [0.15, 0.2) is 40.1 Å². The van der Waals surface area contributed by atoms with E-state index in [0.717, 1.165) is 38.5 Å². The summed E-state index contributed by atoms with van der Waals surface area (Å²) in [4.78, 5) is 36.8. The molecule has 138 valence electrons. The molecule has 0 amide bonds. The summed E-state index contributed by atoms with van der Waals surface area (Å²) >= 11 is 0. The van der Waals surface area contributed by atoms with Gasteiger partial charge in [-0.05, 0) is 36.8 Å². The lowest BCUT2D eigenvalue weighted by Crippen LogP contribution is -2.37. The average Bonchev–Trinajstić information content (AvgIpc) is 3.32. The summed E-state index contributed by atoms with van der Waals surface area (Å²) in [6, 6.07) is 8.46. The number of fused-ring (bicyclic) bond motifs is 2. The van der Waals surface area contributed by atoms with Crippen molar-refractivity contribution in [3.8, 4) is 0 Å². The van der Waals surface area contributed by atoms with E-state index in [1.165, 1.54) is 21.9 Å². The molecule has 0 radical (unpaired) electrons. The largest absolute Gasteiger partial charge is 0.347 e. The number of aryl methyl sites for hydroxylation is 1. The highest BCUT2D eigenvalue weighted by Gasteiger charge is 2.24. The molecular weight excluding hydrogens is 342 g/mol. The second-order valence-electron chi connectivity index (χ2n) is 7.43. The van der Waals surface area contributed by atoms with Gasteiger partial charge in [0.05, 0.1) is 6.04 Å². The number of aromatic amines is 1. The van der Waals surface area contributed by atoms with Crippen LogP contribution in [0.3, 0.4) is 0 Å². The van der Waals surface area contributed by atoms with Gasteiger partial charge in [-0.25, -0.2) is 9.78 Å². The maximum absolute atomic E-state index is 12.8. The summed E-state index contributed by atoms with van der Waals surface area (Å²) < 4.78 is 1.35. The highest BCUT2D eigenvalue weighted by molar-refractivity contribution is 5.73. The predicted octanol–water partition coefficient (Wildman–Crippen LogP) is 2.69. The van der Waals surface area contributed by atoms with Gasteiger partial charge in [0.2, 0.25) is 5.95 Å². The Kier molecular flexibility index (Phi) is 3.81. The third kappa shape index (κ3) is 2.74. The molecule has 0 unspecified atom stereocenters. The maximum atomic E-state index is 12.8. The van der Waals surface area contributed by atoms with E-state index < -0.39 is 0 Å². The summed E-state index contributed by atoms with van der Waals surface area (Å²) in [6.45, 7) is 0. The van der Waals surface area contributed by atoms with E-state index in [1.54, 1.807) is 0 Å². The summed E-state index contributed by atoms with van der Waals surface area (Å²) in [5.74, 6) is 0.429. The number of hydrogen-bond donors (Lipinski definition) is 2. The molecule has 0 spiro atoms. The molecule has 2 aliphatic rings. The van der Waals surface area contributed by atoms with Crippen LogP contribution in [0.2, 0.25) is 0 Å². The molecule has 0 bridgehead atoms. The van der Waals surface area contributed by atoms with Crippen LogP contribution in [0.25, 0.3) is 11.0 Å². The Morgan fingerprint density at radius 1 is 1.11 bits per heavy atom. The standard InChI is InChI=1S/C20H21N5O2/c26-18-15-11-21-19(22-16-10-9-12-5-1-4-8-14(12)16)23-17(15)24-20(27)25(18)13-6-2-3-7-13/h1,4-5,8,11,13,16H,2-3,6-7,9-10H2,(H2,21,22,23,24,27)/t16-/m1/s1. The van der Waals surface area contributed by atoms with Gasteiger partial charge in [-0.15, -0.1) is 0 Å². The van der Waals surface area contributed by atoms with Gasteiger partial charge in [-0.3, -0.25) is 14.3 Å². The van der Waals surface area contributed by atoms with Crippen LogP contribution in [-0.4, -0.2) is 19.5 Å². The fraction of sp³-hybridized carbons (Fsp3) is 0.400. The minimum Gasteiger partial charge on any atom is -0.347 e. The highest BCUT2D eigenvalue weighted by atomic mass is 16.2. The predicted molar refractivity (Wildman–Crippen MR) is 103 cm³/mol. The molecule has 2 aromatic heterocycles. The molecule has 5 rings (SSSR count). The number of H-pyrrole nitrogens is 1. The molecule has 2 N–H and O–H groups in total. The molecule has 1 fully saturated rings. The Morgan fingerprint density at radius 2 is 1.93 bits per heavy atom. The van der Waals surface area contributed by atoms with Gasteiger partial charge in [0.1, 0.15) is 5.39 Å². The first-order valence-corrected chi connectivity index (χ1v) is 9.56. The second-order valence-corrected chi connectivity index (χ2v) is 7.43. The molecule has 1 aromatic carbocycles. The van der Waals surface area contributed by atoms with Crippen molar-refractivity contribution in [2.24, 2.45) is 0 Å². The maximum Gasteiger partial charge on any atom is 0.330 e. The topological polar surface area (TPSA) is 92.7 Å². The number of anilines is 1. The summed E-state index contributed by atoms with van der Waals surface area (Å²) in [5.41, 5.74) is 2.21. The molecule has 0 saturated heterocycles. The normalized spacial score (nSPS) is 19.5. The van der Waals surface area contributed by atoms with Crippen molar-refractivity contribution in [3.05, 3.63) is 62.4 Å². The van der Waals surface area contributed by atoms with Crippen LogP contribution in [0.5, 0.6) is 0 Å². The molecule has 7 nitrogen and oxygen atoms in total. The van der Waals surface area contributed by atoms with Crippen LogP contribution in [0.4, 0.5) is 5.95 Å². The third-order valence-corrected chi connectivity index (χ3v) is 5.81. The van der Waals surface area contributed by atoms with Crippen LogP contribution < -0.4 is 16.6 Å². The smallest absolute Gasteiger partial charge is 0.330 e. The van der Waals surface area contributed by atoms with E-state index >= 15 is 0 Å². The van der Waals surface area contributed by atoms with Crippen molar-refractivity contribution in [1.82, 2.24) is 19.5 Å². The Labute approximate surface area is 155 Å². The zero-order chi connectivity index (χ0) is 18.4. The van der Waals surface area contributed by atoms with E-state index in [0.29, 0.717) is 17.0 Å². The van der Waals surface area contributed by atoms with Gasteiger partial charge in [0.15, 0.2) is 5.65 Å². The number of nitrogens with zero attached hydrogens (tertiary/aromatic N) is 3. The van der Waals surface area contributed by atoms with Crippen LogP contribution in [0, 0.1) is 0 Å². The fourth-order valence-electron chi connectivity index (χ4n) is 4.44. The van der Waals surface area contributed by atoms with Gasteiger partial charge < -0.3 is 5.32 Å². The third-order valence-electron chi connectivity index (χ3n) is 5.81. The van der Waals surface area contributed by atoms with E-state index in [1.807, 2.05) is 12.1 Å². The Morgan fingerprint density at radius 3 is 2.78 bits per heavy atom. The monoisotopic (exact) mass is 363 g/mol. The zero-order valence-corrected chi connectivity index (χ0v) is 14.9. The molecule has 7 heteroatoms. The summed E-state index contributed by atoms with van der Waals surface area (Å²) in [6.07, 6.45) is 7.36. The van der Waals surface area contributed by atoms with E-state index in [-0.39, 0.29) is 23.3 Å². The number of rotatable bonds is 3. The second kappa shape index (κ2) is 6.33. The van der Waals surface area contributed by atoms with Gasteiger partial charge in [0, 0.05) is 12.2 Å². The zero-order valence-electron chi connectivity index (χ0n) is 14.9. The van der Waals surface area contributed by atoms with Crippen molar-refractivity contribution in [3.63, 3.8) is 0 Å². The van der Waals surface area contributed by atoms with Crippen molar-refractivity contribution < 1.29 is 0 Å². The Bertz CT molecular complexity index is 1130. The molecule has 27 heavy (non-hydrogen) atoms. The minimum atomic E-state index is -0.379. The van der Waals surface area contributed by atoms with Gasteiger partial charge in [-0.2, -0.15) is 4.98 Å². The van der Waals surface area contributed by atoms with Crippen molar-refractivity contribution in [2.75, 3.05) is 5.32 Å². The molecule has 2 aliphatic carbocycles. The molecule has 1 atom stereocenters. The number of benzene rings is 1. The van der Waals surface area contributed by atoms with E-state index in [2.05, 4.69) is 32.4 Å². The lowest BCUT2D eigenvalue weighted by Gasteiger charge is -2.15. The van der Waals surface area contributed by atoms with Gasteiger partial charge in [-0.1, -0.05) is 37.1 Å². The number of nitrogens with one attached hydrogen (secondary N) is 2. The van der Waals surface area contributed by atoms with E-state index in [4.69, 9.17) is 0 Å². The van der Waals surface area contributed by atoms with E-state index in [9.17, 15) is 9.59 Å². The molecule has 3 aromatic rings. The number of aromatic nitrogens is 4. The highest BCUT2D eigenvalue weighted by Crippen LogP contribution is 2.33. The average molecular weight is 363 g/mol. The Balaban J connectivity index is 1.50. The van der Waals surface area contributed by atoms with Crippen LogP contribution >= 0.6 is 0 Å².